The normalized spacial score (nSPS) is 14.8. The maximum Gasteiger partial charge on any atom is 0.311 e. The van der Waals surface area contributed by atoms with Crippen LogP contribution in [0.3, 0.4) is 0 Å². The Morgan fingerprint density at radius 2 is 2.13 bits per heavy atom. The van der Waals surface area contributed by atoms with E-state index in [-0.39, 0.29) is 5.97 Å². The largest absolute Gasteiger partial charge is 0.469 e. The zero-order valence-corrected chi connectivity index (χ0v) is 9.35. The van der Waals surface area contributed by atoms with Crippen LogP contribution in [0.25, 0.3) is 0 Å². The second kappa shape index (κ2) is 4.09. The van der Waals surface area contributed by atoms with E-state index >= 15 is 0 Å². The molecule has 3 nitrogen and oxygen atoms in total. The minimum Gasteiger partial charge on any atom is -0.469 e. The first kappa shape index (κ1) is 10.3. The van der Waals surface area contributed by atoms with E-state index in [1.165, 1.54) is 36.8 Å². The van der Waals surface area contributed by atoms with Crippen LogP contribution in [-0.4, -0.2) is 18.1 Å². The summed E-state index contributed by atoms with van der Waals surface area (Å²) in [5.74, 6) is -0.170. The number of methoxy groups -OCH3 is 1. The third kappa shape index (κ3) is 1.91. The summed E-state index contributed by atoms with van der Waals surface area (Å²) in [5, 5.41) is 0. The van der Waals surface area contributed by atoms with Gasteiger partial charge in [-0.2, -0.15) is 0 Å². The maximum absolute atomic E-state index is 11.2. The van der Waals surface area contributed by atoms with Gasteiger partial charge in [0.1, 0.15) is 0 Å². The van der Waals surface area contributed by atoms with E-state index in [0.29, 0.717) is 6.42 Å². The van der Waals surface area contributed by atoms with Gasteiger partial charge in [-0.25, -0.2) is 0 Å². The summed E-state index contributed by atoms with van der Waals surface area (Å²) < 4.78 is 4.68. The lowest BCUT2D eigenvalue weighted by molar-refractivity contribution is -0.139. The molecule has 0 saturated heterocycles. The van der Waals surface area contributed by atoms with Crippen molar-refractivity contribution in [2.24, 2.45) is 0 Å². The molecule has 0 aliphatic heterocycles. The molecular weight excluding hydrogens is 190 g/mol. The molecule has 0 spiro atoms. The molecule has 0 atom stereocenters. The predicted octanol–water partition coefficient (Wildman–Crippen LogP) is 1.92. The Hall–Kier alpha value is -1.25. The molecule has 2 rings (SSSR count). The number of nitrogens with one attached hydrogen (secondary N) is 1. The van der Waals surface area contributed by atoms with Gasteiger partial charge < -0.3 is 9.72 Å². The molecule has 0 bridgehead atoms. The van der Waals surface area contributed by atoms with Gasteiger partial charge in [0.25, 0.3) is 0 Å². The quantitative estimate of drug-likeness (QED) is 0.753. The summed E-state index contributed by atoms with van der Waals surface area (Å²) in [6.07, 6.45) is 5.17. The van der Waals surface area contributed by atoms with Crippen LogP contribution in [0.15, 0.2) is 0 Å². The summed E-state index contributed by atoms with van der Waals surface area (Å²) >= 11 is 0. The molecular formula is C12H17NO2. The monoisotopic (exact) mass is 207 g/mol. The fourth-order valence-electron chi connectivity index (χ4n) is 2.31. The van der Waals surface area contributed by atoms with E-state index in [0.717, 1.165) is 18.5 Å². The molecule has 3 heteroatoms. The standard InChI is InChI=1S/C12H17NO2/c1-8-9-5-3-4-6-10(9)13-11(8)7-12(14)15-2/h13H,3-7H2,1-2H3. The fourth-order valence-corrected chi connectivity index (χ4v) is 2.31. The summed E-state index contributed by atoms with van der Waals surface area (Å²) in [6.45, 7) is 2.10. The first-order valence-corrected chi connectivity index (χ1v) is 5.48. The van der Waals surface area contributed by atoms with Crippen LogP contribution in [0.2, 0.25) is 0 Å². The topological polar surface area (TPSA) is 42.1 Å². The van der Waals surface area contributed by atoms with Crippen molar-refractivity contribution in [2.75, 3.05) is 7.11 Å². The van der Waals surface area contributed by atoms with Crippen LogP contribution in [0, 0.1) is 6.92 Å². The number of aryl methyl sites for hydroxylation is 1. The van der Waals surface area contributed by atoms with Gasteiger partial charge in [0.15, 0.2) is 0 Å². The molecule has 1 aliphatic rings. The average molecular weight is 207 g/mol. The number of hydrogen-bond acceptors (Lipinski definition) is 2. The van der Waals surface area contributed by atoms with Gasteiger partial charge >= 0.3 is 5.97 Å². The lowest BCUT2D eigenvalue weighted by Crippen LogP contribution is -2.05. The third-order valence-electron chi connectivity index (χ3n) is 3.22. The van der Waals surface area contributed by atoms with E-state index in [2.05, 4.69) is 16.6 Å². The number of H-pyrrole nitrogens is 1. The van der Waals surface area contributed by atoms with Crippen LogP contribution < -0.4 is 0 Å². The highest BCUT2D eigenvalue weighted by Gasteiger charge is 2.18. The molecule has 82 valence electrons. The zero-order chi connectivity index (χ0) is 10.8. The van der Waals surface area contributed by atoms with Crippen molar-refractivity contribution in [3.63, 3.8) is 0 Å². The first-order valence-electron chi connectivity index (χ1n) is 5.48. The lowest BCUT2D eigenvalue weighted by atomic mass is 9.95. The summed E-state index contributed by atoms with van der Waals surface area (Å²) in [5.41, 5.74) is 5.06. The van der Waals surface area contributed by atoms with Gasteiger partial charge in [-0.3, -0.25) is 4.79 Å². The van der Waals surface area contributed by atoms with Crippen molar-refractivity contribution in [1.29, 1.82) is 0 Å². The molecule has 0 aromatic carbocycles. The number of carbonyl (C=O) groups is 1. The van der Waals surface area contributed by atoms with Crippen LogP contribution >= 0.6 is 0 Å². The molecule has 1 aromatic heterocycles. The summed E-state index contributed by atoms with van der Waals surface area (Å²) in [4.78, 5) is 14.6. The van der Waals surface area contributed by atoms with Crippen LogP contribution in [0.1, 0.15) is 35.4 Å². The minimum absolute atomic E-state index is 0.170. The number of aromatic nitrogens is 1. The van der Waals surface area contributed by atoms with Crippen molar-refractivity contribution in [3.05, 3.63) is 22.5 Å². The molecule has 0 unspecified atom stereocenters. The number of hydrogen-bond donors (Lipinski definition) is 1. The molecule has 1 aliphatic carbocycles. The molecule has 0 fully saturated rings. The molecule has 0 radical (unpaired) electrons. The molecule has 15 heavy (non-hydrogen) atoms. The van der Waals surface area contributed by atoms with Gasteiger partial charge in [0.05, 0.1) is 13.5 Å². The highest BCUT2D eigenvalue weighted by Crippen LogP contribution is 2.26. The van der Waals surface area contributed by atoms with E-state index in [1.54, 1.807) is 0 Å². The number of fused-ring (bicyclic) bond motifs is 1. The Bertz CT molecular complexity index is 379. The van der Waals surface area contributed by atoms with E-state index in [1.807, 2.05) is 0 Å². The Balaban J connectivity index is 2.25. The average Bonchev–Trinajstić information content (AvgIpc) is 2.57. The van der Waals surface area contributed by atoms with Gasteiger partial charge in [-0.15, -0.1) is 0 Å². The summed E-state index contributed by atoms with van der Waals surface area (Å²) in [6, 6.07) is 0. The van der Waals surface area contributed by atoms with Crippen molar-refractivity contribution >= 4 is 5.97 Å². The molecule has 1 N–H and O–H groups in total. The van der Waals surface area contributed by atoms with E-state index in [4.69, 9.17) is 0 Å². The van der Waals surface area contributed by atoms with Crippen molar-refractivity contribution in [1.82, 2.24) is 4.98 Å². The Morgan fingerprint density at radius 3 is 2.80 bits per heavy atom. The van der Waals surface area contributed by atoms with Gasteiger partial charge in [-0.1, -0.05) is 0 Å². The third-order valence-corrected chi connectivity index (χ3v) is 3.22. The van der Waals surface area contributed by atoms with E-state index < -0.39 is 0 Å². The second-order valence-corrected chi connectivity index (χ2v) is 4.15. The number of rotatable bonds is 2. The van der Waals surface area contributed by atoms with Crippen molar-refractivity contribution < 1.29 is 9.53 Å². The highest BCUT2D eigenvalue weighted by atomic mass is 16.5. The molecule has 0 saturated carbocycles. The zero-order valence-electron chi connectivity index (χ0n) is 9.35. The number of carbonyl (C=O) groups excluding carboxylic acids is 1. The first-order chi connectivity index (χ1) is 7.22. The molecule has 1 aromatic rings. The number of esters is 1. The Morgan fingerprint density at radius 1 is 1.40 bits per heavy atom. The van der Waals surface area contributed by atoms with Gasteiger partial charge in [0.2, 0.25) is 0 Å². The van der Waals surface area contributed by atoms with Crippen LogP contribution in [0.4, 0.5) is 0 Å². The maximum atomic E-state index is 11.2. The Labute approximate surface area is 89.8 Å². The highest BCUT2D eigenvalue weighted by molar-refractivity contribution is 5.72. The summed E-state index contributed by atoms with van der Waals surface area (Å²) in [7, 11) is 1.43. The fraction of sp³-hybridized carbons (Fsp3) is 0.583. The van der Waals surface area contributed by atoms with Crippen molar-refractivity contribution in [2.45, 2.75) is 39.0 Å². The van der Waals surface area contributed by atoms with Crippen molar-refractivity contribution in [3.8, 4) is 0 Å². The van der Waals surface area contributed by atoms with Gasteiger partial charge in [0, 0.05) is 11.4 Å². The number of aromatic amines is 1. The Kier molecular flexibility index (Phi) is 2.80. The predicted molar refractivity (Wildman–Crippen MR) is 57.9 cm³/mol. The second-order valence-electron chi connectivity index (χ2n) is 4.15. The SMILES string of the molecule is COC(=O)Cc1[nH]c2c(c1C)CCCC2. The lowest BCUT2D eigenvalue weighted by Gasteiger charge is -2.10. The van der Waals surface area contributed by atoms with E-state index in [9.17, 15) is 4.79 Å². The minimum atomic E-state index is -0.170. The van der Waals surface area contributed by atoms with Crippen LogP contribution in [-0.2, 0) is 28.8 Å². The van der Waals surface area contributed by atoms with Gasteiger partial charge in [-0.05, 0) is 43.7 Å². The molecule has 0 amide bonds. The molecule has 1 heterocycles. The van der Waals surface area contributed by atoms with Crippen LogP contribution in [0.5, 0.6) is 0 Å². The number of ether oxygens (including phenoxy) is 1. The smallest absolute Gasteiger partial charge is 0.311 e.